The Kier molecular flexibility index (Phi) is 7.37. The molecule has 7 nitrogen and oxygen atoms in total. The van der Waals surface area contributed by atoms with Gasteiger partial charge in [0, 0.05) is 23.7 Å². The lowest BCUT2D eigenvalue weighted by atomic mass is 10.2. The fraction of sp³-hybridized carbons (Fsp3) is 0.462. The maximum Gasteiger partial charge on any atom is 0.312 e. The van der Waals surface area contributed by atoms with Crippen LogP contribution in [0.5, 0.6) is 5.75 Å². The van der Waals surface area contributed by atoms with Crippen LogP contribution in [0.2, 0.25) is 5.02 Å². The van der Waals surface area contributed by atoms with Gasteiger partial charge in [-0.25, -0.2) is 0 Å². The number of rotatable bonds is 6. The van der Waals surface area contributed by atoms with Crippen LogP contribution in [0.25, 0.3) is 0 Å². The van der Waals surface area contributed by atoms with E-state index in [4.69, 9.17) is 16.3 Å². The van der Waals surface area contributed by atoms with Crippen LogP contribution in [0.4, 0.5) is 5.69 Å². The first kappa shape index (κ1) is 18.5. The quantitative estimate of drug-likeness (QED) is 0.604. The minimum absolute atomic E-state index is 0. The first-order valence-electron chi connectivity index (χ1n) is 6.63. The lowest BCUT2D eigenvalue weighted by molar-refractivity contribution is -0.385. The van der Waals surface area contributed by atoms with E-state index in [1.165, 1.54) is 18.2 Å². The van der Waals surface area contributed by atoms with Crippen molar-refractivity contribution in [3.8, 4) is 5.75 Å². The van der Waals surface area contributed by atoms with Crippen LogP contribution in [0, 0.1) is 10.1 Å². The van der Waals surface area contributed by atoms with Crippen molar-refractivity contribution < 1.29 is 14.5 Å². The minimum atomic E-state index is -0.564. The summed E-state index contributed by atoms with van der Waals surface area (Å²) in [5.74, 6) is -0.0138. The molecule has 0 aromatic heterocycles. The Morgan fingerprint density at radius 2 is 2.32 bits per heavy atom. The second kappa shape index (κ2) is 8.77. The molecule has 0 aliphatic carbocycles. The Morgan fingerprint density at radius 1 is 1.55 bits per heavy atom. The van der Waals surface area contributed by atoms with Crippen molar-refractivity contribution in [1.29, 1.82) is 0 Å². The number of carbonyl (C=O) groups excluding carboxylic acids is 1. The number of nitrogens with one attached hydrogen (secondary N) is 2. The number of hydrogen-bond acceptors (Lipinski definition) is 5. The van der Waals surface area contributed by atoms with Gasteiger partial charge in [-0.2, -0.15) is 0 Å². The molecule has 2 N–H and O–H groups in total. The monoisotopic (exact) mass is 349 g/mol. The van der Waals surface area contributed by atoms with Crippen LogP contribution < -0.4 is 15.4 Å². The van der Waals surface area contributed by atoms with Crippen molar-refractivity contribution in [2.45, 2.75) is 18.9 Å². The molecule has 1 unspecified atom stereocenters. The Balaban J connectivity index is 0.00000242. The number of ether oxygens (including phenoxy) is 1. The molecule has 1 atom stereocenters. The molecule has 0 radical (unpaired) electrons. The van der Waals surface area contributed by atoms with E-state index in [0.29, 0.717) is 0 Å². The van der Waals surface area contributed by atoms with Gasteiger partial charge in [0.25, 0.3) is 0 Å². The summed E-state index contributed by atoms with van der Waals surface area (Å²) >= 11 is 5.71. The molecule has 0 spiro atoms. The van der Waals surface area contributed by atoms with Gasteiger partial charge >= 0.3 is 5.69 Å². The maximum atomic E-state index is 11.7. The van der Waals surface area contributed by atoms with Gasteiger partial charge in [0.2, 0.25) is 5.91 Å². The largest absolute Gasteiger partial charge is 0.486 e. The van der Waals surface area contributed by atoms with E-state index in [1.54, 1.807) is 0 Å². The molecule has 0 saturated carbocycles. The molecule has 122 valence electrons. The van der Waals surface area contributed by atoms with Gasteiger partial charge in [-0.05, 0) is 25.1 Å². The van der Waals surface area contributed by atoms with Crippen molar-refractivity contribution in [2.75, 3.05) is 19.7 Å². The standard InChI is InChI=1S/C13H16ClN3O4.ClH/c14-9-1-2-12(11(7-9)17(19)20)21-6-4-13(18)16-10-3-5-15-8-10;/h1-2,7,10,15H,3-6,8H2,(H,16,18);1H. The summed E-state index contributed by atoms with van der Waals surface area (Å²) in [7, 11) is 0. The van der Waals surface area contributed by atoms with Gasteiger partial charge in [-0.3, -0.25) is 14.9 Å². The molecular formula is C13H17Cl2N3O4. The molecule has 22 heavy (non-hydrogen) atoms. The fourth-order valence-electron chi connectivity index (χ4n) is 2.09. The number of benzene rings is 1. The molecule has 1 aromatic carbocycles. The molecule has 2 rings (SSSR count). The molecular weight excluding hydrogens is 333 g/mol. The molecule has 9 heteroatoms. The van der Waals surface area contributed by atoms with Crippen LogP contribution in [0.15, 0.2) is 18.2 Å². The van der Waals surface area contributed by atoms with E-state index in [-0.39, 0.29) is 53.8 Å². The Hall–Kier alpha value is -1.57. The fourth-order valence-corrected chi connectivity index (χ4v) is 2.25. The number of nitrogens with zero attached hydrogens (tertiary/aromatic N) is 1. The molecule has 1 saturated heterocycles. The highest BCUT2D eigenvalue weighted by atomic mass is 35.5. The summed E-state index contributed by atoms with van der Waals surface area (Å²) in [6.07, 6.45) is 1.06. The third-order valence-corrected chi connectivity index (χ3v) is 3.36. The SMILES string of the molecule is Cl.O=C(CCOc1ccc(Cl)cc1[N+](=O)[O-])NC1CCNC1. The van der Waals surface area contributed by atoms with Crippen LogP contribution in [-0.4, -0.2) is 36.6 Å². The van der Waals surface area contributed by atoms with E-state index in [9.17, 15) is 14.9 Å². The molecule has 1 aliphatic rings. The van der Waals surface area contributed by atoms with E-state index in [2.05, 4.69) is 10.6 Å². The molecule has 1 aromatic rings. The molecule has 0 bridgehead atoms. The predicted molar refractivity (Wildman–Crippen MR) is 84.9 cm³/mol. The second-order valence-electron chi connectivity index (χ2n) is 4.72. The summed E-state index contributed by atoms with van der Waals surface area (Å²) in [6.45, 7) is 1.75. The third kappa shape index (κ3) is 5.32. The van der Waals surface area contributed by atoms with Gasteiger partial charge in [-0.15, -0.1) is 12.4 Å². The van der Waals surface area contributed by atoms with Crippen molar-refractivity contribution >= 4 is 35.6 Å². The number of carbonyl (C=O) groups is 1. The number of halogens is 2. The average molecular weight is 350 g/mol. The highest BCUT2D eigenvalue weighted by Gasteiger charge is 2.18. The van der Waals surface area contributed by atoms with E-state index in [1.807, 2.05) is 0 Å². The van der Waals surface area contributed by atoms with Gasteiger partial charge in [0.1, 0.15) is 0 Å². The first-order chi connectivity index (χ1) is 10.1. The number of hydrogen-bond donors (Lipinski definition) is 2. The van der Waals surface area contributed by atoms with Crippen molar-refractivity contribution in [3.63, 3.8) is 0 Å². The van der Waals surface area contributed by atoms with Gasteiger partial charge in [0.05, 0.1) is 18.0 Å². The summed E-state index contributed by atoms with van der Waals surface area (Å²) < 4.78 is 5.31. The normalized spacial score (nSPS) is 16.7. The topological polar surface area (TPSA) is 93.5 Å². The second-order valence-corrected chi connectivity index (χ2v) is 5.16. The van der Waals surface area contributed by atoms with Gasteiger partial charge in [0.15, 0.2) is 5.75 Å². The number of nitro groups is 1. The Morgan fingerprint density at radius 3 is 2.95 bits per heavy atom. The number of amides is 1. The first-order valence-corrected chi connectivity index (χ1v) is 7.01. The summed E-state index contributed by atoms with van der Waals surface area (Å²) in [5.41, 5.74) is -0.206. The highest BCUT2D eigenvalue weighted by molar-refractivity contribution is 6.30. The zero-order valence-electron chi connectivity index (χ0n) is 11.7. The van der Waals surface area contributed by atoms with Crippen LogP contribution in [0.3, 0.4) is 0 Å². The van der Waals surface area contributed by atoms with Crippen LogP contribution >= 0.6 is 24.0 Å². The van der Waals surface area contributed by atoms with Crippen molar-refractivity contribution in [3.05, 3.63) is 33.3 Å². The van der Waals surface area contributed by atoms with Crippen molar-refractivity contribution in [2.24, 2.45) is 0 Å². The summed E-state index contributed by atoms with van der Waals surface area (Å²) in [5, 5.41) is 17.2. The highest BCUT2D eigenvalue weighted by Crippen LogP contribution is 2.29. The Labute approximate surface area is 138 Å². The smallest absolute Gasteiger partial charge is 0.312 e. The van der Waals surface area contributed by atoms with E-state index < -0.39 is 4.92 Å². The van der Waals surface area contributed by atoms with Crippen LogP contribution in [0.1, 0.15) is 12.8 Å². The van der Waals surface area contributed by atoms with E-state index >= 15 is 0 Å². The molecule has 1 heterocycles. The van der Waals surface area contributed by atoms with Gasteiger partial charge in [-0.1, -0.05) is 11.6 Å². The molecule has 1 amide bonds. The summed E-state index contributed by atoms with van der Waals surface area (Å²) in [4.78, 5) is 22.0. The average Bonchev–Trinajstić information content (AvgIpc) is 2.93. The lowest BCUT2D eigenvalue weighted by Crippen LogP contribution is -2.36. The predicted octanol–water partition coefficient (Wildman–Crippen LogP) is 1.92. The zero-order valence-corrected chi connectivity index (χ0v) is 13.3. The third-order valence-electron chi connectivity index (χ3n) is 3.13. The number of nitro benzene ring substituents is 1. The van der Waals surface area contributed by atoms with E-state index in [0.717, 1.165) is 19.5 Å². The molecule has 1 fully saturated rings. The van der Waals surface area contributed by atoms with Crippen molar-refractivity contribution in [1.82, 2.24) is 10.6 Å². The zero-order chi connectivity index (χ0) is 15.2. The Bertz CT molecular complexity index is 536. The molecule has 1 aliphatic heterocycles. The van der Waals surface area contributed by atoms with Gasteiger partial charge < -0.3 is 15.4 Å². The minimum Gasteiger partial charge on any atom is -0.486 e. The summed E-state index contributed by atoms with van der Waals surface area (Å²) in [6, 6.07) is 4.32. The van der Waals surface area contributed by atoms with Crippen LogP contribution in [-0.2, 0) is 4.79 Å². The maximum absolute atomic E-state index is 11.7. The lowest BCUT2D eigenvalue weighted by Gasteiger charge is -2.11.